The minimum absolute atomic E-state index is 0.0600. The van der Waals surface area contributed by atoms with Crippen molar-refractivity contribution in [2.45, 2.75) is 72.5 Å². The Morgan fingerprint density at radius 2 is 1.92 bits per heavy atom. The number of ether oxygens (including phenoxy) is 1. The number of hydrogen-bond donors (Lipinski definition) is 1. The third-order valence-corrected chi connectivity index (χ3v) is 7.43. The molecule has 0 aliphatic heterocycles. The normalized spacial score (nSPS) is 46.8. The van der Waals surface area contributed by atoms with E-state index in [0.29, 0.717) is 12.0 Å². The summed E-state index contributed by atoms with van der Waals surface area (Å²) in [5.74, 6) is -0.201. The van der Waals surface area contributed by atoms with E-state index in [4.69, 9.17) is 4.74 Å². The highest BCUT2D eigenvalue weighted by molar-refractivity contribution is 5.95. The van der Waals surface area contributed by atoms with E-state index in [1.165, 1.54) is 0 Å². The minimum atomic E-state index is -1.07. The van der Waals surface area contributed by atoms with Crippen molar-refractivity contribution in [2.75, 3.05) is 0 Å². The van der Waals surface area contributed by atoms with E-state index in [-0.39, 0.29) is 35.6 Å². The van der Waals surface area contributed by atoms with E-state index in [2.05, 4.69) is 6.92 Å². The third-order valence-electron chi connectivity index (χ3n) is 7.43. The van der Waals surface area contributed by atoms with Gasteiger partial charge in [-0.05, 0) is 46.0 Å². The SMILES string of the molecule is CC=C(C)C(=O)OC1CC2(C)C(=O)C(C)(C)C3CCC(C)C1C32O. The Morgan fingerprint density at radius 3 is 2.50 bits per heavy atom. The summed E-state index contributed by atoms with van der Waals surface area (Å²) < 4.78 is 5.78. The van der Waals surface area contributed by atoms with E-state index in [1.54, 1.807) is 19.9 Å². The van der Waals surface area contributed by atoms with E-state index < -0.39 is 16.4 Å². The summed E-state index contributed by atoms with van der Waals surface area (Å²) in [5, 5.41) is 11.8. The maximum Gasteiger partial charge on any atom is 0.333 e. The summed E-state index contributed by atoms with van der Waals surface area (Å²) in [6.07, 6.45) is 3.59. The van der Waals surface area contributed by atoms with E-state index in [0.717, 1.165) is 12.8 Å². The van der Waals surface area contributed by atoms with Crippen LogP contribution < -0.4 is 0 Å². The second kappa shape index (κ2) is 5.17. The first kappa shape index (κ1) is 17.7. The predicted molar refractivity (Wildman–Crippen MR) is 91.2 cm³/mol. The molecule has 3 fully saturated rings. The van der Waals surface area contributed by atoms with Crippen LogP contribution in [-0.2, 0) is 14.3 Å². The van der Waals surface area contributed by atoms with Gasteiger partial charge in [-0.1, -0.05) is 26.8 Å². The molecule has 3 rings (SSSR count). The molecule has 0 amide bonds. The molecule has 0 saturated heterocycles. The first-order chi connectivity index (χ1) is 11.0. The summed E-state index contributed by atoms with van der Waals surface area (Å²) in [6, 6.07) is 0. The lowest BCUT2D eigenvalue weighted by Gasteiger charge is -2.48. The molecule has 0 spiro atoms. The molecule has 6 atom stereocenters. The molecule has 3 saturated carbocycles. The molecule has 24 heavy (non-hydrogen) atoms. The monoisotopic (exact) mass is 334 g/mol. The lowest BCUT2D eigenvalue weighted by atomic mass is 9.60. The molecular weight excluding hydrogens is 304 g/mol. The van der Waals surface area contributed by atoms with Crippen LogP contribution in [0, 0.1) is 28.6 Å². The quantitative estimate of drug-likeness (QED) is 0.622. The van der Waals surface area contributed by atoms with Crippen LogP contribution in [0.25, 0.3) is 0 Å². The number of hydrogen-bond acceptors (Lipinski definition) is 4. The number of allylic oxidation sites excluding steroid dienone is 1. The zero-order chi connectivity index (χ0) is 18.1. The number of rotatable bonds is 2. The molecule has 6 unspecified atom stereocenters. The highest BCUT2D eigenvalue weighted by Crippen LogP contribution is 2.70. The van der Waals surface area contributed by atoms with Gasteiger partial charge < -0.3 is 9.84 Å². The van der Waals surface area contributed by atoms with Gasteiger partial charge in [0.05, 0.1) is 11.0 Å². The Bertz CT molecular complexity index is 619. The fourth-order valence-corrected chi connectivity index (χ4v) is 6.11. The topological polar surface area (TPSA) is 63.6 Å². The third kappa shape index (κ3) is 1.89. The highest BCUT2D eigenvalue weighted by atomic mass is 16.5. The summed E-state index contributed by atoms with van der Waals surface area (Å²) in [7, 11) is 0. The van der Waals surface area contributed by atoms with Gasteiger partial charge in [0.2, 0.25) is 0 Å². The first-order valence-electron chi connectivity index (χ1n) is 9.13. The Morgan fingerprint density at radius 1 is 1.29 bits per heavy atom. The molecule has 4 heteroatoms. The number of aliphatic hydroxyl groups is 1. The number of carbonyl (C=O) groups excluding carboxylic acids is 2. The summed E-state index contributed by atoms with van der Waals surface area (Å²) in [5.41, 5.74) is -1.85. The van der Waals surface area contributed by atoms with Crippen LogP contribution in [0.4, 0.5) is 0 Å². The Hall–Kier alpha value is -1.16. The van der Waals surface area contributed by atoms with Gasteiger partial charge in [0, 0.05) is 22.8 Å². The lowest BCUT2D eigenvalue weighted by Crippen LogP contribution is -2.55. The molecule has 0 radical (unpaired) electrons. The average molecular weight is 334 g/mol. The zero-order valence-electron chi connectivity index (χ0n) is 15.7. The molecule has 1 N–H and O–H groups in total. The number of ketones is 1. The van der Waals surface area contributed by atoms with Gasteiger partial charge in [-0.25, -0.2) is 4.79 Å². The number of Topliss-reactive ketones (excluding diaryl/α,β-unsaturated/α-hetero) is 1. The predicted octanol–water partition coefficient (Wildman–Crippen LogP) is 3.28. The van der Waals surface area contributed by atoms with Crippen molar-refractivity contribution in [2.24, 2.45) is 28.6 Å². The van der Waals surface area contributed by atoms with Gasteiger partial charge >= 0.3 is 5.97 Å². The molecule has 0 aromatic heterocycles. The van der Waals surface area contributed by atoms with Crippen molar-refractivity contribution in [1.82, 2.24) is 0 Å². The van der Waals surface area contributed by atoms with Gasteiger partial charge in [0.1, 0.15) is 11.9 Å². The second-order valence-electron chi connectivity index (χ2n) is 8.96. The Kier molecular flexibility index (Phi) is 3.80. The van der Waals surface area contributed by atoms with Crippen molar-refractivity contribution in [3.63, 3.8) is 0 Å². The summed E-state index contributed by atoms with van der Waals surface area (Å²) in [6.45, 7) is 11.5. The van der Waals surface area contributed by atoms with Crippen molar-refractivity contribution < 1.29 is 19.4 Å². The van der Waals surface area contributed by atoms with Crippen LogP contribution in [0.5, 0.6) is 0 Å². The van der Waals surface area contributed by atoms with Crippen molar-refractivity contribution in [3.05, 3.63) is 11.6 Å². The van der Waals surface area contributed by atoms with E-state index >= 15 is 0 Å². The summed E-state index contributed by atoms with van der Waals surface area (Å²) in [4.78, 5) is 25.5. The number of esters is 1. The van der Waals surface area contributed by atoms with Crippen LogP contribution in [0.15, 0.2) is 11.6 Å². The molecule has 0 aromatic carbocycles. The van der Waals surface area contributed by atoms with Crippen LogP contribution in [-0.4, -0.2) is 28.6 Å². The molecule has 4 nitrogen and oxygen atoms in total. The molecule has 0 heterocycles. The highest BCUT2D eigenvalue weighted by Gasteiger charge is 2.78. The molecule has 0 aromatic rings. The van der Waals surface area contributed by atoms with E-state index in [1.807, 2.05) is 20.8 Å². The fourth-order valence-electron chi connectivity index (χ4n) is 6.11. The first-order valence-corrected chi connectivity index (χ1v) is 9.13. The van der Waals surface area contributed by atoms with Crippen LogP contribution >= 0.6 is 0 Å². The second-order valence-corrected chi connectivity index (χ2v) is 8.96. The largest absolute Gasteiger partial charge is 0.459 e. The lowest BCUT2D eigenvalue weighted by molar-refractivity contribution is -0.166. The van der Waals surface area contributed by atoms with Crippen molar-refractivity contribution in [3.8, 4) is 0 Å². The van der Waals surface area contributed by atoms with Crippen LogP contribution in [0.1, 0.15) is 60.8 Å². The van der Waals surface area contributed by atoms with Gasteiger partial charge in [-0.3, -0.25) is 4.79 Å². The molecule has 134 valence electrons. The fraction of sp³-hybridized carbons (Fsp3) is 0.800. The Balaban J connectivity index is 2.03. The number of carbonyl (C=O) groups is 2. The minimum Gasteiger partial charge on any atom is -0.459 e. The van der Waals surface area contributed by atoms with Gasteiger partial charge in [0.15, 0.2) is 0 Å². The Labute approximate surface area is 144 Å². The van der Waals surface area contributed by atoms with Crippen LogP contribution in [0.2, 0.25) is 0 Å². The smallest absolute Gasteiger partial charge is 0.333 e. The molecular formula is C20H30O4. The van der Waals surface area contributed by atoms with Gasteiger partial charge in [-0.15, -0.1) is 0 Å². The van der Waals surface area contributed by atoms with Crippen LogP contribution in [0.3, 0.4) is 0 Å². The van der Waals surface area contributed by atoms with Gasteiger partial charge in [-0.2, -0.15) is 0 Å². The van der Waals surface area contributed by atoms with Gasteiger partial charge in [0.25, 0.3) is 0 Å². The maximum absolute atomic E-state index is 13.2. The molecule has 3 aliphatic carbocycles. The average Bonchev–Trinajstić information content (AvgIpc) is 2.80. The summed E-state index contributed by atoms with van der Waals surface area (Å²) >= 11 is 0. The molecule has 0 bridgehead atoms. The van der Waals surface area contributed by atoms with Crippen molar-refractivity contribution in [1.29, 1.82) is 0 Å². The zero-order valence-corrected chi connectivity index (χ0v) is 15.7. The van der Waals surface area contributed by atoms with E-state index in [9.17, 15) is 14.7 Å². The van der Waals surface area contributed by atoms with Crippen molar-refractivity contribution >= 4 is 11.8 Å². The maximum atomic E-state index is 13.2. The standard InChI is InChI=1S/C20H30O4/c1-7-11(2)16(21)24-13-10-19(6)17(22)18(4,5)14-9-8-12(3)15(13)20(14,19)23/h7,12-15,23H,8-10H2,1-6H3. The molecule has 3 aliphatic rings.